The second-order valence-electron chi connectivity index (χ2n) is 5.27. The molecule has 0 saturated carbocycles. The molecule has 0 atom stereocenters. The molecule has 23 heavy (non-hydrogen) atoms. The monoisotopic (exact) mass is 313 g/mol. The minimum atomic E-state index is -0.148. The van der Waals surface area contributed by atoms with Crippen molar-refractivity contribution >= 4 is 17.4 Å². The number of nitrogens with zero attached hydrogens (tertiary/aromatic N) is 1. The maximum Gasteiger partial charge on any atom is 0.257 e. The molecular formula is C18H23N3O2. The summed E-state index contributed by atoms with van der Waals surface area (Å²) in [7, 11) is 1.65. The Morgan fingerprint density at radius 1 is 1.26 bits per heavy atom. The number of methoxy groups -OCH3 is 1. The number of anilines is 2. The van der Waals surface area contributed by atoms with Crippen molar-refractivity contribution in [2.24, 2.45) is 0 Å². The summed E-state index contributed by atoms with van der Waals surface area (Å²) >= 11 is 0. The summed E-state index contributed by atoms with van der Waals surface area (Å²) in [4.78, 5) is 16.7. The topological polar surface area (TPSA) is 63.2 Å². The molecular weight excluding hydrogens is 290 g/mol. The van der Waals surface area contributed by atoms with E-state index < -0.39 is 0 Å². The average Bonchev–Trinajstić information content (AvgIpc) is 2.57. The van der Waals surface area contributed by atoms with Crippen molar-refractivity contribution in [3.63, 3.8) is 0 Å². The Morgan fingerprint density at radius 2 is 2.09 bits per heavy atom. The predicted octanol–water partition coefficient (Wildman–Crippen LogP) is 3.26. The van der Waals surface area contributed by atoms with E-state index in [2.05, 4.69) is 22.5 Å². The van der Waals surface area contributed by atoms with Crippen LogP contribution >= 0.6 is 0 Å². The Morgan fingerprint density at radius 3 is 2.74 bits per heavy atom. The van der Waals surface area contributed by atoms with Crippen LogP contribution in [0.2, 0.25) is 0 Å². The van der Waals surface area contributed by atoms with Gasteiger partial charge in [-0.25, -0.2) is 4.98 Å². The zero-order valence-corrected chi connectivity index (χ0v) is 13.8. The maximum absolute atomic E-state index is 12.4. The summed E-state index contributed by atoms with van der Waals surface area (Å²) in [6.07, 6.45) is 2.45. The lowest BCUT2D eigenvalue weighted by Crippen LogP contribution is -2.15. The van der Waals surface area contributed by atoms with Gasteiger partial charge < -0.3 is 15.4 Å². The highest BCUT2D eigenvalue weighted by molar-refractivity contribution is 6.05. The summed E-state index contributed by atoms with van der Waals surface area (Å²) in [6.45, 7) is 5.36. The molecule has 0 bridgehead atoms. The fourth-order valence-corrected chi connectivity index (χ4v) is 2.30. The van der Waals surface area contributed by atoms with Crippen LogP contribution in [-0.2, 0) is 11.2 Å². The summed E-state index contributed by atoms with van der Waals surface area (Å²) in [5.74, 6) is 0.577. The van der Waals surface area contributed by atoms with Crippen LogP contribution in [0.1, 0.15) is 28.4 Å². The first-order valence-electron chi connectivity index (χ1n) is 7.74. The number of ether oxygens (including phenoxy) is 1. The first-order valence-corrected chi connectivity index (χ1v) is 7.74. The van der Waals surface area contributed by atoms with E-state index in [0.29, 0.717) is 18.7 Å². The molecule has 5 nitrogen and oxygen atoms in total. The van der Waals surface area contributed by atoms with E-state index in [1.54, 1.807) is 25.4 Å². The minimum absolute atomic E-state index is 0.148. The number of rotatable bonds is 7. The van der Waals surface area contributed by atoms with Crippen molar-refractivity contribution in [1.29, 1.82) is 0 Å². The first-order chi connectivity index (χ1) is 11.2. The van der Waals surface area contributed by atoms with Gasteiger partial charge in [0.15, 0.2) is 0 Å². The van der Waals surface area contributed by atoms with Crippen LogP contribution in [0.15, 0.2) is 36.5 Å². The van der Waals surface area contributed by atoms with E-state index in [1.807, 2.05) is 25.1 Å². The van der Waals surface area contributed by atoms with Crippen LogP contribution in [0, 0.1) is 6.92 Å². The van der Waals surface area contributed by atoms with Gasteiger partial charge in [0.05, 0.1) is 12.2 Å². The van der Waals surface area contributed by atoms with E-state index in [0.717, 1.165) is 29.1 Å². The molecule has 0 aliphatic carbocycles. The van der Waals surface area contributed by atoms with Crippen molar-refractivity contribution in [2.75, 3.05) is 30.9 Å². The summed E-state index contributed by atoms with van der Waals surface area (Å²) < 4.78 is 4.97. The van der Waals surface area contributed by atoms with Gasteiger partial charge in [0.25, 0.3) is 5.91 Å². The van der Waals surface area contributed by atoms with Crippen molar-refractivity contribution < 1.29 is 9.53 Å². The molecule has 1 aromatic carbocycles. The SMILES string of the molecule is CCc1cccc(C)c1NC(=O)c1ccc(NCCOC)nc1. The first kappa shape index (κ1) is 17.0. The molecule has 2 N–H and O–H groups in total. The number of para-hydroxylation sites is 1. The van der Waals surface area contributed by atoms with E-state index in [9.17, 15) is 4.79 Å². The molecule has 5 heteroatoms. The number of amides is 1. The number of carbonyl (C=O) groups is 1. The highest BCUT2D eigenvalue weighted by Gasteiger charge is 2.11. The molecule has 0 unspecified atom stereocenters. The van der Waals surface area contributed by atoms with Crippen LogP contribution in [0.5, 0.6) is 0 Å². The number of carbonyl (C=O) groups excluding carboxylic acids is 1. The average molecular weight is 313 g/mol. The fraction of sp³-hybridized carbons (Fsp3) is 0.333. The Kier molecular flexibility index (Phi) is 6.11. The Balaban J connectivity index is 2.06. The molecule has 2 rings (SSSR count). The van der Waals surface area contributed by atoms with Crippen molar-refractivity contribution in [2.45, 2.75) is 20.3 Å². The van der Waals surface area contributed by atoms with Crippen LogP contribution in [0.3, 0.4) is 0 Å². The quantitative estimate of drug-likeness (QED) is 0.770. The van der Waals surface area contributed by atoms with Gasteiger partial charge in [-0.15, -0.1) is 0 Å². The molecule has 122 valence electrons. The second kappa shape index (κ2) is 8.29. The number of aromatic nitrogens is 1. The van der Waals surface area contributed by atoms with E-state index in [4.69, 9.17) is 4.74 Å². The third-order valence-corrected chi connectivity index (χ3v) is 3.62. The third kappa shape index (κ3) is 4.53. The normalized spacial score (nSPS) is 10.4. The van der Waals surface area contributed by atoms with Crippen LogP contribution in [0.25, 0.3) is 0 Å². The number of pyridine rings is 1. The van der Waals surface area contributed by atoms with Crippen LogP contribution < -0.4 is 10.6 Å². The lowest BCUT2D eigenvalue weighted by Gasteiger charge is -2.13. The highest BCUT2D eigenvalue weighted by atomic mass is 16.5. The lowest BCUT2D eigenvalue weighted by atomic mass is 10.1. The second-order valence-corrected chi connectivity index (χ2v) is 5.27. The molecule has 0 aliphatic heterocycles. The smallest absolute Gasteiger partial charge is 0.257 e. The molecule has 1 aromatic heterocycles. The van der Waals surface area contributed by atoms with E-state index in [1.165, 1.54) is 0 Å². The molecule has 0 saturated heterocycles. The lowest BCUT2D eigenvalue weighted by molar-refractivity contribution is 0.102. The Hall–Kier alpha value is -2.40. The number of hydrogen-bond acceptors (Lipinski definition) is 4. The summed E-state index contributed by atoms with van der Waals surface area (Å²) in [6, 6.07) is 9.59. The van der Waals surface area contributed by atoms with Gasteiger partial charge >= 0.3 is 0 Å². The van der Waals surface area contributed by atoms with Gasteiger partial charge in [-0.3, -0.25) is 4.79 Å². The standard InChI is InChI=1S/C18H23N3O2/c1-4-14-7-5-6-13(2)17(14)21-18(22)15-8-9-16(20-12-15)19-10-11-23-3/h5-9,12H,4,10-11H2,1-3H3,(H,19,20)(H,21,22). The van der Waals surface area contributed by atoms with Gasteiger partial charge in [0, 0.05) is 25.5 Å². The largest absolute Gasteiger partial charge is 0.383 e. The molecule has 0 radical (unpaired) electrons. The Labute approximate surface area is 137 Å². The van der Waals surface area contributed by atoms with Crippen molar-refractivity contribution in [1.82, 2.24) is 4.98 Å². The van der Waals surface area contributed by atoms with E-state index in [-0.39, 0.29) is 5.91 Å². The van der Waals surface area contributed by atoms with Gasteiger partial charge in [-0.1, -0.05) is 25.1 Å². The highest BCUT2D eigenvalue weighted by Crippen LogP contribution is 2.21. The van der Waals surface area contributed by atoms with Crippen LogP contribution in [0.4, 0.5) is 11.5 Å². The van der Waals surface area contributed by atoms with Gasteiger partial charge in [-0.05, 0) is 36.6 Å². The van der Waals surface area contributed by atoms with Gasteiger partial charge in [0.2, 0.25) is 0 Å². The van der Waals surface area contributed by atoms with Crippen molar-refractivity contribution in [3.05, 3.63) is 53.2 Å². The molecule has 0 aliphatic rings. The summed E-state index contributed by atoms with van der Waals surface area (Å²) in [5.41, 5.74) is 3.61. The predicted molar refractivity (Wildman–Crippen MR) is 93.1 cm³/mol. The van der Waals surface area contributed by atoms with Crippen LogP contribution in [-0.4, -0.2) is 31.2 Å². The molecule has 1 heterocycles. The van der Waals surface area contributed by atoms with Gasteiger partial charge in [0.1, 0.15) is 5.82 Å². The number of hydrogen-bond donors (Lipinski definition) is 2. The fourth-order valence-electron chi connectivity index (χ4n) is 2.30. The zero-order valence-electron chi connectivity index (χ0n) is 13.8. The zero-order chi connectivity index (χ0) is 16.7. The molecule has 0 spiro atoms. The van der Waals surface area contributed by atoms with E-state index >= 15 is 0 Å². The number of benzene rings is 1. The number of aryl methyl sites for hydroxylation is 2. The Bertz CT molecular complexity index is 654. The molecule has 2 aromatic rings. The minimum Gasteiger partial charge on any atom is -0.383 e. The molecule has 1 amide bonds. The molecule has 0 fully saturated rings. The third-order valence-electron chi connectivity index (χ3n) is 3.62. The van der Waals surface area contributed by atoms with Crippen molar-refractivity contribution in [3.8, 4) is 0 Å². The summed E-state index contributed by atoms with van der Waals surface area (Å²) in [5, 5.41) is 6.12. The number of nitrogens with one attached hydrogen (secondary N) is 2. The maximum atomic E-state index is 12.4. The van der Waals surface area contributed by atoms with Gasteiger partial charge in [-0.2, -0.15) is 0 Å².